The number of hydrogen-bond donors (Lipinski definition) is 1. The zero-order valence-electron chi connectivity index (χ0n) is 5.49. The molecule has 0 rings (SSSR count). The summed E-state index contributed by atoms with van der Waals surface area (Å²) in [6, 6.07) is 0. The first-order valence-corrected chi connectivity index (χ1v) is 2.46. The molecule has 0 heterocycles. The molecule has 3 heteroatoms. The van der Waals surface area contributed by atoms with E-state index in [9.17, 15) is 0 Å². The second kappa shape index (κ2) is 9.80. The van der Waals surface area contributed by atoms with Gasteiger partial charge in [-0.05, 0) is 6.54 Å². The molecular weight excluding hydrogens is 79.8 g/mol. The minimum absolute atomic E-state index is 0. The van der Waals surface area contributed by atoms with Crippen molar-refractivity contribution < 1.29 is 18.9 Å². The molecule has 1 N–H and O–H groups in total. The van der Waals surface area contributed by atoms with Crippen LogP contribution in [0.3, 0.4) is 0 Å². The Hall–Kier alpha value is 0.622. The summed E-state index contributed by atoms with van der Waals surface area (Å²) in [5.41, 5.74) is 0. The molecule has 0 aliphatic rings. The summed E-state index contributed by atoms with van der Waals surface area (Å²) < 4.78 is 0. The number of hydrogen-bond acceptors (Lipinski definition) is 1. The third-order valence-electron chi connectivity index (χ3n) is 0.553. The minimum Gasteiger partial charge on any atom is -0.555 e. The molecule has 0 spiro atoms. The monoisotopic (exact) mass is 91.1 g/mol. The van der Waals surface area contributed by atoms with E-state index >= 15 is 0 Å². The van der Waals surface area contributed by atoms with E-state index in [0.29, 0.717) is 0 Å². The molecule has 0 fully saturated rings. The average Bonchev–Trinajstić information content (AvgIpc) is 1.61. The van der Waals surface area contributed by atoms with Gasteiger partial charge >= 0.3 is 18.9 Å². The summed E-state index contributed by atoms with van der Waals surface area (Å²) in [5, 5.41) is 3.07. The largest absolute Gasteiger partial charge is 1.00 e. The SMILES string of the molecule is CC[B-]NCC.[Li+]. The van der Waals surface area contributed by atoms with Gasteiger partial charge in [-0.25, -0.2) is 13.7 Å². The first-order valence-electron chi connectivity index (χ1n) is 2.46. The third kappa shape index (κ3) is 10.8. The van der Waals surface area contributed by atoms with Crippen LogP contribution in [0, 0.1) is 0 Å². The topological polar surface area (TPSA) is 12.0 Å². The van der Waals surface area contributed by atoms with Crippen LogP contribution in [0.5, 0.6) is 0 Å². The van der Waals surface area contributed by atoms with Gasteiger partial charge < -0.3 is 5.23 Å². The van der Waals surface area contributed by atoms with Crippen molar-refractivity contribution >= 4 is 7.41 Å². The van der Waals surface area contributed by atoms with Crippen LogP contribution in [-0.2, 0) is 0 Å². The molecule has 0 saturated carbocycles. The maximum atomic E-state index is 3.07. The summed E-state index contributed by atoms with van der Waals surface area (Å²) in [6.45, 7) is 5.25. The fourth-order valence-corrected chi connectivity index (χ4v) is 0.289. The van der Waals surface area contributed by atoms with Crippen molar-refractivity contribution in [1.82, 2.24) is 5.23 Å². The average molecular weight is 90.9 g/mol. The Kier molecular flexibility index (Phi) is 14.8. The molecule has 0 aromatic heterocycles. The van der Waals surface area contributed by atoms with Gasteiger partial charge in [0.2, 0.25) is 0 Å². The first kappa shape index (κ1) is 10.6. The zero-order chi connectivity index (χ0) is 4.83. The maximum absolute atomic E-state index is 3.07. The summed E-state index contributed by atoms with van der Waals surface area (Å²) in [5.74, 6) is 0. The van der Waals surface area contributed by atoms with Crippen LogP contribution in [0.4, 0.5) is 0 Å². The summed E-state index contributed by atoms with van der Waals surface area (Å²) >= 11 is 0. The fraction of sp³-hybridized carbons (Fsp3) is 1.00. The van der Waals surface area contributed by atoms with E-state index in [-0.39, 0.29) is 18.9 Å². The molecule has 0 aromatic rings. The van der Waals surface area contributed by atoms with Gasteiger partial charge in [0.25, 0.3) is 0 Å². The molecular formula is C4H11BLiN. The Morgan fingerprint density at radius 1 is 1.43 bits per heavy atom. The first-order chi connectivity index (χ1) is 2.91. The Balaban J connectivity index is 0. The van der Waals surface area contributed by atoms with E-state index in [1.54, 1.807) is 0 Å². The Bertz CT molecular complexity index is 23.7. The second-order valence-corrected chi connectivity index (χ2v) is 1.17. The minimum atomic E-state index is 0. The van der Waals surface area contributed by atoms with E-state index in [4.69, 9.17) is 0 Å². The molecule has 0 aliphatic carbocycles. The smallest absolute Gasteiger partial charge is 0.555 e. The van der Waals surface area contributed by atoms with E-state index in [2.05, 4.69) is 26.5 Å². The molecule has 1 nitrogen and oxygen atoms in total. The van der Waals surface area contributed by atoms with Gasteiger partial charge in [0.1, 0.15) is 0 Å². The molecule has 0 saturated heterocycles. The summed E-state index contributed by atoms with van der Waals surface area (Å²) in [7, 11) is 2.06. The fourth-order valence-electron chi connectivity index (χ4n) is 0.289. The van der Waals surface area contributed by atoms with Gasteiger partial charge in [0.05, 0.1) is 0 Å². The van der Waals surface area contributed by atoms with Crippen LogP contribution in [0.25, 0.3) is 0 Å². The predicted octanol–water partition coefficient (Wildman–Crippen LogP) is -2.34. The second-order valence-electron chi connectivity index (χ2n) is 1.17. The van der Waals surface area contributed by atoms with Gasteiger partial charge in [-0.1, -0.05) is 6.92 Å². The van der Waals surface area contributed by atoms with Gasteiger partial charge in [0.15, 0.2) is 0 Å². The molecule has 0 aliphatic heterocycles. The van der Waals surface area contributed by atoms with E-state index in [1.165, 1.54) is 0 Å². The van der Waals surface area contributed by atoms with Crippen LogP contribution in [0.2, 0.25) is 6.32 Å². The van der Waals surface area contributed by atoms with Crippen LogP contribution in [0.15, 0.2) is 0 Å². The third-order valence-corrected chi connectivity index (χ3v) is 0.553. The van der Waals surface area contributed by atoms with Crippen LogP contribution in [-0.4, -0.2) is 14.0 Å². The van der Waals surface area contributed by atoms with E-state index in [1.807, 2.05) is 0 Å². The van der Waals surface area contributed by atoms with Crippen molar-refractivity contribution in [3.63, 3.8) is 0 Å². The quantitative estimate of drug-likeness (QED) is 0.303. The number of nitrogens with one attached hydrogen (secondary N) is 1. The molecule has 36 valence electrons. The molecule has 0 atom stereocenters. The maximum Gasteiger partial charge on any atom is 1.00 e. The van der Waals surface area contributed by atoms with Crippen molar-refractivity contribution in [3.05, 3.63) is 0 Å². The number of rotatable bonds is 3. The van der Waals surface area contributed by atoms with E-state index in [0.717, 1.165) is 12.9 Å². The standard InChI is InChI=1S/C4H11BN.Li/c1-3-5-6-4-2;/h6H,3-4H2,1-2H3;/q-1;+1. The molecule has 0 unspecified atom stereocenters. The Labute approximate surface area is 58.7 Å². The normalized spacial score (nSPS) is 7.71. The van der Waals surface area contributed by atoms with Crippen molar-refractivity contribution in [3.8, 4) is 0 Å². The predicted molar refractivity (Wildman–Crippen MR) is 29.9 cm³/mol. The Morgan fingerprint density at radius 3 is 2.14 bits per heavy atom. The van der Waals surface area contributed by atoms with Crippen LogP contribution in [0.1, 0.15) is 13.8 Å². The summed E-state index contributed by atoms with van der Waals surface area (Å²) in [6.07, 6.45) is 1.12. The van der Waals surface area contributed by atoms with Crippen LogP contribution < -0.4 is 24.1 Å². The van der Waals surface area contributed by atoms with Gasteiger partial charge in [-0.15, -0.1) is 6.92 Å². The van der Waals surface area contributed by atoms with Crippen LogP contribution >= 0.6 is 0 Å². The van der Waals surface area contributed by atoms with Gasteiger partial charge in [-0.2, -0.15) is 0 Å². The van der Waals surface area contributed by atoms with Crippen molar-refractivity contribution in [2.45, 2.75) is 20.2 Å². The molecule has 7 heavy (non-hydrogen) atoms. The van der Waals surface area contributed by atoms with Crippen molar-refractivity contribution in [2.24, 2.45) is 0 Å². The van der Waals surface area contributed by atoms with E-state index < -0.39 is 0 Å². The van der Waals surface area contributed by atoms with Crippen molar-refractivity contribution in [1.29, 1.82) is 0 Å². The summed E-state index contributed by atoms with van der Waals surface area (Å²) in [4.78, 5) is 0. The molecule has 0 aromatic carbocycles. The van der Waals surface area contributed by atoms with Crippen molar-refractivity contribution in [2.75, 3.05) is 6.54 Å². The zero-order valence-corrected chi connectivity index (χ0v) is 5.49. The van der Waals surface area contributed by atoms with Gasteiger partial charge in [-0.3, -0.25) is 0 Å². The van der Waals surface area contributed by atoms with Gasteiger partial charge in [0, 0.05) is 0 Å². The molecule has 0 bridgehead atoms. The Morgan fingerprint density at radius 2 is 2.00 bits per heavy atom. The molecule has 0 amide bonds. The molecule has 2 radical (unpaired) electrons.